The van der Waals surface area contributed by atoms with E-state index in [1.807, 2.05) is 30.3 Å². The number of methoxy groups -OCH3 is 2. The van der Waals surface area contributed by atoms with Gasteiger partial charge in [-0.25, -0.2) is 0 Å². The van der Waals surface area contributed by atoms with Crippen LogP contribution in [0.15, 0.2) is 71.3 Å². The molecular formula is C29H32N4O6. The van der Waals surface area contributed by atoms with Crippen molar-refractivity contribution in [3.63, 3.8) is 0 Å². The standard InChI is InChI=1S/C29H32N4O6/c1-37-22-10-11-24(25(17-22)38-2)27(35)31-14-12-29(13-15-31)28(36)32(20-33(29)21-7-4-3-5-8-21)19-26(34)30-18-23-9-6-16-39-23/h3-11,16-17H,12-15,18-20H2,1-2H3,(H,30,34). The average Bonchev–Trinajstić information content (AvgIpc) is 3.59. The Bertz CT molecular complexity index is 1320. The Hall–Kier alpha value is -4.47. The van der Waals surface area contributed by atoms with E-state index in [0.717, 1.165) is 5.69 Å². The lowest BCUT2D eigenvalue weighted by atomic mass is 9.85. The van der Waals surface area contributed by atoms with Crippen molar-refractivity contribution >= 4 is 23.4 Å². The number of anilines is 1. The first-order valence-corrected chi connectivity index (χ1v) is 12.9. The molecule has 5 rings (SSSR count). The summed E-state index contributed by atoms with van der Waals surface area (Å²) in [5.74, 6) is 1.16. The van der Waals surface area contributed by atoms with Crippen LogP contribution in [0.3, 0.4) is 0 Å². The second-order valence-corrected chi connectivity index (χ2v) is 9.65. The number of nitrogens with zero attached hydrogens (tertiary/aromatic N) is 3. The smallest absolute Gasteiger partial charge is 0.257 e. The lowest BCUT2D eigenvalue weighted by molar-refractivity contribution is -0.137. The van der Waals surface area contributed by atoms with Crippen LogP contribution in [0, 0.1) is 0 Å². The van der Waals surface area contributed by atoms with Gasteiger partial charge in [-0.2, -0.15) is 0 Å². The third kappa shape index (κ3) is 5.14. The van der Waals surface area contributed by atoms with Gasteiger partial charge >= 0.3 is 0 Å². The lowest BCUT2D eigenvalue weighted by Gasteiger charge is -2.43. The van der Waals surface area contributed by atoms with Gasteiger partial charge in [-0.3, -0.25) is 14.4 Å². The molecule has 0 bridgehead atoms. The van der Waals surface area contributed by atoms with Crippen LogP contribution in [0.4, 0.5) is 5.69 Å². The number of benzene rings is 2. The van der Waals surface area contributed by atoms with Gasteiger partial charge in [-0.15, -0.1) is 0 Å². The normalized spacial score (nSPS) is 16.5. The largest absolute Gasteiger partial charge is 0.497 e. The number of hydrogen-bond acceptors (Lipinski definition) is 7. The van der Waals surface area contributed by atoms with E-state index in [1.165, 1.54) is 7.11 Å². The van der Waals surface area contributed by atoms with Crippen molar-refractivity contribution in [2.45, 2.75) is 24.9 Å². The van der Waals surface area contributed by atoms with E-state index < -0.39 is 5.54 Å². The van der Waals surface area contributed by atoms with Crippen LogP contribution in [-0.4, -0.2) is 73.6 Å². The summed E-state index contributed by atoms with van der Waals surface area (Å²) in [6.45, 7) is 1.27. The first-order chi connectivity index (χ1) is 18.9. The molecule has 39 heavy (non-hydrogen) atoms. The topological polar surface area (TPSA) is 105 Å². The van der Waals surface area contributed by atoms with Crippen LogP contribution in [0.1, 0.15) is 29.0 Å². The molecule has 3 heterocycles. The number of amides is 3. The highest BCUT2D eigenvalue weighted by atomic mass is 16.5. The number of rotatable bonds is 8. The highest BCUT2D eigenvalue weighted by molar-refractivity contribution is 5.99. The van der Waals surface area contributed by atoms with Gasteiger partial charge in [0.2, 0.25) is 5.91 Å². The van der Waals surface area contributed by atoms with E-state index >= 15 is 0 Å². The molecule has 0 aliphatic carbocycles. The third-order valence-electron chi connectivity index (χ3n) is 7.47. The summed E-state index contributed by atoms with van der Waals surface area (Å²) in [4.78, 5) is 45.5. The molecule has 1 N–H and O–H groups in total. The van der Waals surface area contributed by atoms with Crippen LogP contribution in [-0.2, 0) is 16.1 Å². The number of furan rings is 1. The summed E-state index contributed by atoms with van der Waals surface area (Å²) in [7, 11) is 3.08. The minimum Gasteiger partial charge on any atom is -0.497 e. The predicted molar refractivity (Wildman–Crippen MR) is 143 cm³/mol. The van der Waals surface area contributed by atoms with Gasteiger partial charge in [-0.05, 0) is 49.2 Å². The van der Waals surface area contributed by atoms with E-state index in [-0.39, 0.29) is 37.5 Å². The van der Waals surface area contributed by atoms with E-state index in [9.17, 15) is 14.4 Å². The van der Waals surface area contributed by atoms with Crippen LogP contribution in [0.2, 0.25) is 0 Å². The summed E-state index contributed by atoms with van der Waals surface area (Å²) < 4.78 is 16.0. The number of hydrogen-bond donors (Lipinski definition) is 1. The highest BCUT2D eigenvalue weighted by Crippen LogP contribution is 2.40. The molecule has 0 atom stereocenters. The second-order valence-electron chi connectivity index (χ2n) is 9.65. The Morgan fingerprint density at radius 2 is 1.77 bits per heavy atom. The Morgan fingerprint density at radius 3 is 2.44 bits per heavy atom. The molecule has 2 fully saturated rings. The first-order valence-electron chi connectivity index (χ1n) is 12.9. The minimum atomic E-state index is -0.844. The molecule has 2 aliphatic heterocycles. The fourth-order valence-corrected chi connectivity index (χ4v) is 5.38. The number of para-hydroxylation sites is 1. The molecule has 0 radical (unpaired) electrons. The molecule has 2 aromatic carbocycles. The molecule has 2 aliphatic rings. The monoisotopic (exact) mass is 532 g/mol. The van der Waals surface area contributed by atoms with E-state index in [1.54, 1.807) is 53.5 Å². The fraction of sp³-hybridized carbons (Fsp3) is 0.345. The molecule has 0 unspecified atom stereocenters. The maximum atomic E-state index is 13.9. The first kappa shape index (κ1) is 26.1. The zero-order chi connectivity index (χ0) is 27.4. The van der Waals surface area contributed by atoms with E-state index in [2.05, 4.69) is 10.2 Å². The van der Waals surface area contributed by atoms with Crippen molar-refractivity contribution in [2.24, 2.45) is 0 Å². The molecule has 10 heteroatoms. The van der Waals surface area contributed by atoms with Crippen molar-refractivity contribution in [1.29, 1.82) is 0 Å². The number of carbonyl (C=O) groups is 3. The average molecular weight is 533 g/mol. The van der Waals surface area contributed by atoms with Crippen molar-refractivity contribution in [3.8, 4) is 11.5 Å². The van der Waals surface area contributed by atoms with Crippen molar-refractivity contribution in [1.82, 2.24) is 15.1 Å². The molecule has 2 saturated heterocycles. The molecule has 1 spiro atoms. The number of likely N-dealkylation sites (tertiary alicyclic amines) is 1. The van der Waals surface area contributed by atoms with Gasteiger partial charge in [0.05, 0.1) is 39.3 Å². The SMILES string of the molecule is COc1ccc(C(=O)N2CCC3(CC2)C(=O)N(CC(=O)NCc2ccco2)CN3c2ccccc2)c(OC)c1. The zero-order valence-corrected chi connectivity index (χ0v) is 22.1. The molecule has 204 valence electrons. The summed E-state index contributed by atoms with van der Waals surface area (Å²) >= 11 is 0. The minimum absolute atomic E-state index is 0.0592. The van der Waals surface area contributed by atoms with E-state index in [4.69, 9.17) is 13.9 Å². The van der Waals surface area contributed by atoms with Crippen LogP contribution < -0.4 is 19.7 Å². The molecule has 3 aromatic rings. The number of nitrogens with one attached hydrogen (secondary N) is 1. The van der Waals surface area contributed by atoms with Crippen molar-refractivity contribution < 1.29 is 28.3 Å². The summed E-state index contributed by atoms with van der Waals surface area (Å²) in [6.07, 6.45) is 2.43. The van der Waals surface area contributed by atoms with E-state index in [0.29, 0.717) is 48.8 Å². The molecule has 0 saturated carbocycles. The summed E-state index contributed by atoms with van der Waals surface area (Å²) in [6, 6.07) is 18.4. The zero-order valence-electron chi connectivity index (χ0n) is 22.1. The lowest BCUT2D eigenvalue weighted by Crippen LogP contribution is -2.57. The summed E-state index contributed by atoms with van der Waals surface area (Å²) in [5.41, 5.74) is 0.506. The maximum Gasteiger partial charge on any atom is 0.257 e. The van der Waals surface area contributed by atoms with Gasteiger partial charge in [-0.1, -0.05) is 18.2 Å². The van der Waals surface area contributed by atoms with Crippen LogP contribution >= 0.6 is 0 Å². The third-order valence-corrected chi connectivity index (χ3v) is 7.47. The predicted octanol–water partition coefficient (Wildman–Crippen LogP) is 2.89. The van der Waals surface area contributed by atoms with Crippen LogP contribution in [0.25, 0.3) is 0 Å². The van der Waals surface area contributed by atoms with Crippen molar-refractivity contribution in [2.75, 3.05) is 45.4 Å². The number of ether oxygens (including phenoxy) is 2. The van der Waals surface area contributed by atoms with Gasteiger partial charge in [0, 0.05) is 24.8 Å². The Kier molecular flexibility index (Phi) is 7.44. The van der Waals surface area contributed by atoms with Gasteiger partial charge < -0.3 is 33.9 Å². The highest BCUT2D eigenvalue weighted by Gasteiger charge is 2.54. The molecular weight excluding hydrogens is 500 g/mol. The van der Waals surface area contributed by atoms with Gasteiger partial charge in [0.15, 0.2) is 0 Å². The molecule has 3 amide bonds. The molecule has 10 nitrogen and oxygen atoms in total. The molecule has 1 aromatic heterocycles. The number of carbonyl (C=O) groups excluding carboxylic acids is 3. The summed E-state index contributed by atoms with van der Waals surface area (Å²) in [5, 5.41) is 2.82. The Balaban J connectivity index is 1.32. The number of piperidine rings is 1. The quantitative estimate of drug-likeness (QED) is 0.476. The van der Waals surface area contributed by atoms with Gasteiger partial charge in [0.25, 0.3) is 11.8 Å². The second kappa shape index (κ2) is 11.1. The van der Waals surface area contributed by atoms with Crippen molar-refractivity contribution in [3.05, 3.63) is 78.3 Å². The Morgan fingerprint density at radius 1 is 1.00 bits per heavy atom. The van der Waals surface area contributed by atoms with Gasteiger partial charge in [0.1, 0.15) is 29.3 Å². The Labute approximate surface area is 227 Å². The maximum absolute atomic E-state index is 13.9. The fourth-order valence-electron chi connectivity index (χ4n) is 5.38. The van der Waals surface area contributed by atoms with Crippen LogP contribution in [0.5, 0.6) is 11.5 Å².